The highest BCUT2D eigenvalue weighted by molar-refractivity contribution is 6.32. The molecule has 5 rings (SSSR count). The van der Waals surface area contributed by atoms with Gasteiger partial charge in [-0.25, -0.2) is 14.2 Å². The number of allylic oxidation sites excluding steroid dienone is 1. The summed E-state index contributed by atoms with van der Waals surface area (Å²) >= 11 is 6.23. The molecule has 174 valence electrons. The molecule has 1 saturated heterocycles. The minimum atomic E-state index is -0.537. The zero-order chi connectivity index (χ0) is 23.7. The summed E-state index contributed by atoms with van der Waals surface area (Å²) in [5.74, 6) is -1.12. The highest BCUT2D eigenvalue weighted by atomic mass is 35.5. The van der Waals surface area contributed by atoms with E-state index >= 15 is 0 Å². The minimum Gasteiger partial charge on any atom is -0.452 e. The number of fused-ring (bicyclic) bond motifs is 2. The average molecular weight is 479 g/mol. The van der Waals surface area contributed by atoms with Gasteiger partial charge in [0.25, 0.3) is 5.91 Å². The zero-order valence-electron chi connectivity index (χ0n) is 18.7. The maximum absolute atomic E-state index is 14.4. The highest BCUT2D eigenvalue weighted by Crippen LogP contribution is 2.38. The highest BCUT2D eigenvalue weighted by Gasteiger charge is 2.29. The van der Waals surface area contributed by atoms with E-state index in [2.05, 4.69) is 0 Å². The molecule has 5 nitrogen and oxygen atoms in total. The van der Waals surface area contributed by atoms with E-state index in [1.54, 1.807) is 23.1 Å². The fraction of sp³-hybridized carbons (Fsp3) is 0.296. The molecule has 1 aliphatic carbocycles. The summed E-state index contributed by atoms with van der Waals surface area (Å²) in [6, 6.07) is 11.9. The van der Waals surface area contributed by atoms with Crippen molar-refractivity contribution in [2.24, 2.45) is 0 Å². The molecule has 1 aromatic heterocycles. The van der Waals surface area contributed by atoms with E-state index in [0.717, 1.165) is 30.4 Å². The second-order valence-corrected chi connectivity index (χ2v) is 9.06. The van der Waals surface area contributed by atoms with Crippen molar-refractivity contribution < 1.29 is 18.7 Å². The number of ether oxygens (including phenoxy) is 1. The lowest BCUT2D eigenvalue weighted by Crippen LogP contribution is -2.38. The van der Waals surface area contributed by atoms with Gasteiger partial charge in [-0.05, 0) is 67.5 Å². The van der Waals surface area contributed by atoms with Crippen LogP contribution in [0.25, 0.3) is 22.6 Å². The molecule has 0 spiro atoms. The zero-order valence-corrected chi connectivity index (χ0v) is 19.4. The fourth-order valence-electron chi connectivity index (χ4n) is 4.77. The van der Waals surface area contributed by atoms with Crippen LogP contribution in [0.1, 0.15) is 52.9 Å². The number of halogens is 2. The molecule has 2 aliphatic rings. The summed E-state index contributed by atoms with van der Waals surface area (Å²) in [7, 11) is 0. The van der Waals surface area contributed by atoms with E-state index in [1.165, 1.54) is 6.07 Å². The second-order valence-electron chi connectivity index (χ2n) is 8.65. The summed E-state index contributed by atoms with van der Waals surface area (Å²) in [6.07, 6.45) is 5.94. The molecule has 34 heavy (non-hydrogen) atoms. The lowest BCUT2D eigenvalue weighted by atomic mass is 10.0. The Kier molecular flexibility index (Phi) is 6.33. The van der Waals surface area contributed by atoms with Crippen LogP contribution in [0.5, 0.6) is 0 Å². The normalized spacial score (nSPS) is 16.6. The van der Waals surface area contributed by atoms with E-state index in [0.29, 0.717) is 58.7 Å². The van der Waals surface area contributed by atoms with Crippen LogP contribution in [0.4, 0.5) is 4.39 Å². The second kappa shape index (κ2) is 9.55. The predicted molar refractivity (Wildman–Crippen MR) is 130 cm³/mol. The fourth-order valence-corrected chi connectivity index (χ4v) is 4.99. The topological polar surface area (TPSA) is 59.5 Å². The third-order valence-corrected chi connectivity index (χ3v) is 6.83. The van der Waals surface area contributed by atoms with Crippen LogP contribution in [0.15, 0.2) is 42.5 Å². The first-order valence-corrected chi connectivity index (χ1v) is 11.9. The van der Waals surface area contributed by atoms with Crippen molar-refractivity contribution >= 4 is 46.0 Å². The van der Waals surface area contributed by atoms with Gasteiger partial charge in [-0.1, -0.05) is 35.9 Å². The van der Waals surface area contributed by atoms with E-state index < -0.39 is 11.8 Å². The van der Waals surface area contributed by atoms with Crippen LogP contribution in [0, 0.1) is 5.82 Å². The number of para-hydroxylation sites is 1. The first kappa shape index (κ1) is 22.5. The number of benzene rings is 2. The summed E-state index contributed by atoms with van der Waals surface area (Å²) < 4.78 is 19.9. The molecule has 0 atom stereocenters. The molecular weight excluding hydrogens is 455 g/mol. The van der Waals surface area contributed by atoms with Gasteiger partial charge < -0.3 is 9.64 Å². The molecule has 0 radical (unpaired) electrons. The quantitative estimate of drug-likeness (QED) is 0.452. The number of carbonyl (C=O) groups is 2. The van der Waals surface area contributed by atoms with Crippen molar-refractivity contribution in [3.63, 3.8) is 0 Å². The lowest BCUT2D eigenvalue weighted by Gasteiger charge is -2.26. The van der Waals surface area contributed by atoms with Crippen molar-refractivity contribution in [3.8, 4) is 0 Å². The molecule has 1 fully saturated rings. The molecule has 2 aromatic carbocycles. The molecule has 1 aliphatic heterocycles. The number of hydrogen-bond acceptors (Lipinski definition) is 4. The molecule has 7 heteroatoms. The third-order valence-electron chi connectivity index (χ3n) is 6.50. The van der Waals surface area contributed by atoms with E-state index in [1.807, 2.05) is 24.3 Å². The molecule has 0 bridgehead atoms. The Morgan fingerprint density at radius 3 is 2.65 bits per heavy atom. The van der Waals surface area contributed by atoms with Gasteiger partial charge in [0, 0.05) is 24.0 Å². The predicted octanol–water partition coefficient (Wildman–Crippen LogP) is 5.68. The number of rotatable bonds is 4. The standard InChI is InChI=1S/C27H24ClFN2O3/c28-21-8-6-9-22(29)20(21)15-17-11-12-19-25(18-7-2-3-10-23(18)30-26(17)19)27(33)34-16-24(32)31-13-4-1-5-14-31/h2-3,6-10,15H,1,4-5,11-14,16H2. The molecule has 0 saturated carbocycles. The number of carbonyl (C=O) groups excluding carboxylic acids is 2. The first-order chi connectivity index (χ1) is 16.5. The number of hydrogen-bond donors (Lipinski definition) is 0. The lowest BCUT2D eigenvalue weighted by molar-refractivity contribution is -0.135. The van der Waals surface area contributed by atoms with Gasteiger partial charge in [0.2, 0.25) is 0 Å². The molecule has 3 aromatic rings. The minimum absolute atomic E-state index is 0.169. The van der Waals surface area contributed by atoms with Gasteiger partial charge in [0.15, 0.2) is 6.61 Å². The van der Waals surface area contributed by atoms with Crippen LogP contribution >= 0.6 is 11.6 Å². The number of piperidine rings is 1. The van der Waals surface area contributed by atoms with Gasteiger partial charge in [-0.15, -0.1) is 0 Å². The number of aromatic nitrogens is 1. The Bertz CT molecular complexity index is 1290. The summed E-state index contributed by atoms with van der Waals surface area (Å²) in [5, 5.41) is 0.999. The number of esters is 1. The Balaban J connectivity index is 1.50. The molecule has 1 amide bonds. The Hall–Kier alpha value is -3.25. The maximum atomic E-state index is 14.4. The molecule has 0 N–H and O–H groups in total. The summed E-state index contributed by atoms with van der Waals surface area (Å²) in [5.41, 5.74) is 3.59. The van der Waals surface area contributed by atoms with Gasteiger partial charge in [-0.2, -0.15) is 0 Å². The number of likely N-dealkylation sites (tertiary alicyclic amines) is 1. The Morgan fingerprint density at radius 1 is 1.06 bits per heavy atom. The van der Waals surface area contributed by atoms with E-state index in [4.69, 9.17) is 21.3 Å². The van der Waals surface area contributed by atoms with Gasteiger partial charge >= 0.3 is 5.97 Å². The Morgan fingerprint density at radius 2 is 1.85 bits per heavy atom. The summed E-state index contributed by atoms with van der Waals surface area (Å²) in [6.45, 7) is 1.13. The van der Waals surface area contributed by atoms with Gasteiger partial charge in [0.1, 0.15) is 5.82 Å². The van der Waals surface area contributed by atoms with Crippen molar-refractivity contribution in [2.45, 2.75) is 32.1 Å². The third kappa shape index (κ3) is 4.30. The van der Waals surface area contributed by atoms with Crippen LogP contribution in [-0.2, 0) is 16.0 Å². The van der Waals surface area contributed by atoms with Gasteiger partial charge in [-0.3, -0.25) is 4.79 Å². The monoisotopic (exact) mass is 478 g/mol. The molecule has 2 heterocycles. The van der Waals surface area contributed by atoms with Crippen molar-refractivity contribution in [1.29, 1.82) is 0 Å². The first-order valence-electron chi connectivity index (χ1n) is 11.5. The van der Waals surface area contributed by atoms with Gasteiger partial charge in [0.05, 0.1) is 21.8 Å². The van der Waals surface area contributed by atoms with Crippen molar-refractivity contribution in [1.82, 2.24) is 9.88 Å². The maximum Gasteiger partial charge on any atom is 0.339 e. The molecule has 0 unspecified atom stereocenters. The van der Waals surface area contributed by atoms with Crippen molar-refractivity contribution in [3.05, 3.63) is 75.7 Å². The Labute approximate surface area is 202 Å². The smallest absolute Gasteiger partial charge is 0.339 e. The molecular formula is C27H24ClFN2O3. The van der Waals surface area contributed by atoms with Crippen LogP contribution in [0.3, 0.4) is 0 Å². The number of amides is 1. The van der Waals surface area contributed by atoms with Crippen LogP contribution < -0.4 is 0 Å². The van der Waals surface area contributed by atoms with E-state index in [9.17, 15) is 14.0 Å². The SMILES string of the molecule is O=C(OCC(=O)N1CCCCC1)c1c2c(nc3ccccc13)C(=Cc1c(F)cccc1Cl)CC2. The van der Waals surface area contributed by atoms with Crippen LogP contribution in [0.2, 0.25) is 5.02 Å². The van der Waals surface area contributed by atoms with Crippen LogP contribution in [-0.4, -0.2) is 41.5 Å². The van der Waals surface area contributed by atoms with E-state index in [-0.39, 0.29) is 12.5 Å². The number of nitrogens with zero attached hydrogens (tertiary/aromatic N) is 2. The summed E-state index contributed by atoms with van der Waals surface area (Å²) in [4.78, 5) is 32.3. The van der Waals surface area contributed by atoms with Crippen molar-refractivity contribution in [2.75, 3.05) is 19.7 Å². The average Bonchev–Trinajstić information content (AvgIpc) is 3.25. The largest absolute Gasteiger partial charge is 0.452 e. The number of pyridine rings is 1.